The molecule has 0 saturated carbocycles. The second kappa shape index (κ2) is 7.03. The number of nitrogens with zero attached hydrogens (tertiary/aromatic N) is 2. The summed E-state index contributed by atoms with van der Waals surface area (Å²) in [5, 5.41) is 8.77. The molecule has 0 saturated heterocycles. The Hall–Kier alpha value is -2.72. The monoisotopic (exact) mass is 332 g/mol. The van der Waals surface area contributed by atoms with Crippen LogP contribution in [0.2, 0.25) is 0 Å². The number of methoxy groups -OCH3 is 3. The molecule has 0 aliphatic carbocycles. The second-order valence-corrected chi connectivity index (χ2v) is 5.60. The summed E-state index contributed by atoms with van der Waals surface area (Å²) in [6.45, 7) is 0. The van der Waals surface area contributed by atoms with Crippen LogP contribution in [-0.4, -0.2) is 25.9 Å². The molecule has 23 heavy (non-hydrogen) atoms. The highest BCUT2D eigenvalue weighted by molar-refractivity contribution is 7.07. The minimum atomic E-state index is -0.173. The molecule has 0 amide bonds. The number of hydrogen-bond acceptors (Lipinski definition) is 6. The van der Waals surface area contributed by atoms with Gasteiger partial charge in [0.1, 0.15) is 10.4 Å². The third-order valence-electron chi connectivity index (χ3n) is 3.27. The van der Waals surface area contributed by atoms with Gasteiger partial charge in [-0.25, -0.2) is 0 Å². The summed E-state index contributed by atoms with van der Waals surface area (Å²) in [5.74, 6) is 1.64. The van der Waals surface area contributed by atoms with Gasteiger partial charge in [-0.2, -0.15) is 5.26 Å². The molecule has 0 spiro atoms. The molecule has 1 aromatic carbocycles. The molecule has 0 bridgehead atoms. The Kier molecular flexibility index (Phi) is 5.09. The summed E-state index contributed by atoms with van der Waals surface area (Å²) in [6, 6.07) is 5.38. The Morgan fingerprint density at radius 3 is 2.30 bits per heavy atom. The second-order valence-electron chi connectivity index (χ2n) is 4.54. The number of ether oxygens (including phenoxy) is 3. The third kappa shape index (κ3) is 3.22. The van der Waals surface area contributed by atoms with Gasteiger partial charge in [0.15, 0.2) is 11.5 Å². The van der Waals surface area contributed by atoms with Gasteiger partial charge in [0.2, 0.25) is 0 Å². The molecule has 6 nitrogen and oxygen atoms in total. The van der Waals surface area contributed by atoms with E-state index in [0.29, 0.717) is 32.0 Å². The number of benzene rings is 1. The van der Waals surface area contributed by atoms with Gasteiger partial charge in [-0.3, -0.25) is 4.79 Å². The lowest BCUT2D eigenvalue weighted by Crippen LogP contribution is -2.28. The highest BCUT2D eigenvalue weighted by Crippen LogP contribution is 2.34. The van der Waals surface area contributed by atoms with Crippen LogP contribution in [0.1, 0.15) is 5.56 Å². The molecule has 0 atom stereocenters. The number of nitriles is 1. The van der Waals surface area contributed by atoms with Crippen molar-refractivity contribution in [2.75, 3.05) is 21.3 Å². The molecule has 0 aliphatic rings. The lowest BCUT2D eigenvalue weighted by molar-refractivity contribution is 0.348. The minimum absolute atomic E-state index is 0.173. The zero-order chi connectivity index (χ0) is 17.0. The maximum Gasteiger partial charge on any atom is 0.268 e. The summed E-state index contributed by atoms with van der Waals surface area (Å²) < 4.78 is 18.4. The standard InChI is InChI=1S/C16H16N2O4S/c1-18-15(5-6-17)23-14(16(18)19)8-10-7-12(21-3)13(22-4)9-11(10)20-2/h5,7-9H,1-4H3/b14-8-,15-5-. The minimum Gasteiger partial charge on any atom is -0.496 e. The first-order valence-electron chi connectivity index (χ1n) is 6.63. The molecule has 0 N–H and O–H groups in total. The van der Waals surface area contributed by atoms with Crippen molar-refractivity contribution in [2.24, 2.45) is 7.05 Å². The summed E-state index contributed by atoms with van der Waals surface area (Å²) in [5.41, 5.74) is 0.515. The normalized spacial score (nSPS) is 12.1. The Bertz CT molecular complexity index is 935. The van der Waals surface area contributed by atoms with Crippen LogP contribution in [0.25, 0.3) is 12.2 Å². The van der Waals surface area contributed by atoms with Crippen LogP contribution < -0.4 is 29.0 Å². The highest BCUT2D eigenvalue weighted by atomic mass is 32.1. The lowest BCUT2D eigenvalue weighted by atomic mass is 10.1. The van der Waals surface area contributed by atoms with E-state index in [-0.39, 0.29) is 5.56 Å². The first-order valence-corrected chi connectivity index (χ1v) is 7.44. The molecule has 1 heterocycles. The van der Waals surface area contributed by atoms with Gasteiger partial charge in [-0.15, -0.1) is 11.3 Å². The molecule has 0 aliphatic heterocycles. The summed E-state index contributed by atoms with van der Waals surface area (Å²) in [4.78, 5) is 12.3. The molecule has 0 unspecified atom stereocenters. The molecule has 0 fully saturated rings. The zero-order valence-electron chi connectivity index (χ0n) is 13.2. The van der Waals surface area contributed by atoms with Crippen molar-refractivity contribution >= 4 is 23.5 Å². The van der Waals surface area contributed by atoms with E-state index < -0.39 is 0 Å². The fourth-order valence-corrected chi connectivity index (χ4v) is 3.04. The number of hydrogen-bond donors (Lipinski definition) is 0. The maximum atomic E-state index is 12.3. The first-order chi connectivity index (χ1) is 11.0. The quantitative estimate of drug-likeness (QED) is 0.820. The lowest BCUT2D eigenvalue weighted by Gasteiger charge is -2.11. The van der Waals surface area contributed by atoms with Crippen molar-refractivity contribution < 1.29 is 14.2 Å². The van der Waals surface area contributed by atoms with E-state index in [4.69, 9.17) is 19.5 Å². The van der Waals surface area contributed by atoms with Crippen molar-refractivity contribution in [1.82, 2.24) is 4.57 Å². The van der Waals surface area contributed by atoms with Gasteiger partial charge in [0, 0.05) is 24.8 Å². The van der Waals surface area contributed by atoms with Crippen molar-refractivity contribution in [3.63, 3.8) is 0 Å². The van der Waals surface area contributed by atoms with Gasteiger partial charge in [-0.1, -0.05) is 0 Å². The largest absolute Gasteiger partial charge is 0.496 e. The predicted octanol–water partition coefficient (Wildman–Crippen LogP) is 0.605. The molecule has 2 aromatic rings. The SMILES string of the molecule is COc1cc(OC)c(OC)cc1/C=c1\s/c(=C\C#N)n(C)c1=O. The van der Waals surface area contributed by atoms with E-state index in [0.717, 1.165) is 0 Å². The maximum absolute atomic E-state index is 12.3. The van der Waals surface area contributed by atoms with Gasteiger partial charge in [0.05, 0.1) is 31.9 Å². The van der Waals surface area contributed by atoms with Gasteiger partial charge < -0.3 is 18.8 Å². The van der Waals surface area contributed by atoms with Crippen LogP contribution in [0.15, 0.2) is 16.9 Å². The smallest absolute Gasteiger partial charge is 0.268 e. The number of aromatic nitrogens is 1. The Morgan fingerprint density at radius 1 is 1.13 bits per heavy atom. The fourth-order valence-electron chi connectivity index (χ4n) is 2.07. The average Bonchev–Trinajstić information content (AvgIpc) is 2.83. The van der Waals surface area contributed by atoms with Crippen LogP contribution >= 0.6 is 11.3 Å². The van der Waals surface area contributed by atoms with E-state index in [1.165, 1.54) is 29.1 Å². The van der Waals surface area contributed by atoms with E-state index >= 15 is 0 Å². The van der Waals surface area contributed by atoms with Gasteiger partial charge in [-0.05, 0) is 12.1 Å². The molecular weight excluding hydrogens is 316 g/mol. The molecule has 2 rings (SSSR count). The summed E-state index contributed by atoms with van der Waals surface area (Å²) in [6.07, 6.45) is 3.05. The Morgan fingerprint density at radius 2 is 1.74 bits per heavy atom. The molecule has 0 radical (unpaired) electrons. The zero-order valence-corrected chi connectivity index (χ0v) is 14.1. The fraction of sp³-hybridized carbons (Fsp3) is 0.250. The van der Waals surface area contributed by atoms with Crippen molar-refractivity contribution in [1.29, 1.82) is 5.26 Å². The van der Waals surface area contributed by atoms with Crippen molar-refractivity contribution in [2.45, 2.75) is 0 Å². The van der Waals surface area contributed by atoms with Crippen molar-refractivity contribution in [3.05, 3.63) is 37.2 Å². The van der Waals surface area contributed by atoms with Crippen molar-refractivity contribution in [3.8, 4) is 23.3 Å². The molecule has 7 heteroatoms. The summed E-state index contributed by atoms with van der Waals surface area (Å²) in [7, 11) is 6.25. The van der Waals surface area contributed by atoms with Crippen LogP contribution in [0, 0.1) is 11.3 Å². The highest BCUT2D eigenvalue weighted by Gasteiger charge is 2.11. The topological polar surface area (TPSA) is 73.5 Å². The predicted molar refractivity (Wildman–Crippen MR) is 88.6 cm³/mol. The average molecular weight is 332 g/mol. The van der Waals surface area contributed by atoms with E-state index in [9.17, 15) is 4.79 Å². The van der Waals surface area contributed by atoms with E-state index in [1.807, 2.05) is 6.07 Å². The van der Waals surface area contributed by atoms with E-state index in [2.05, 4.69) is 0 Å². The molecular formula is C16H16N2O4S. The Labute approximate surface area is 137 Å². The molecule has 1 aromatic heterocycles. The van der Waals surface area contributed by atoms with E-state index in [1.54, 1.807) is 39.5 Å². The van der Waals surface area contributed by atoms with Crippen LogP contribution in [-0.2, 0) is 7.05 Å². The number of thiazole rings is 1. The van der Waals surface area contributed by atoms with Crippen LogP contribution in [0.4, 0.5) is 0 Å². The van der Waals surface area contributed by atoms with Crippen LogP contribution in [0.5, 0.6) is 17.2 Å². The Balaban J connectivity index is 2.73. The van der Waals surface area contributed by atoms with Gasteiger partial charge >= 0.3 is 0 Å². The van der Waals surface area contributed by atoms with Gasteiger partial charge in [0.25, 0.3) is 5.56 Å². The number of rotatable bonds is 4. The third-order valence-corrected chi connectivity index (χ3v) is 4.38. The first kappa shape index (κ1) is 16.6. The molecule has 120 valence electrons. The van der Waals surface area contributed by atoms with Crippen LogP contribution in [0.3, 0.4) is 0 Å². The summed E-state index contributed by atoms with van der Waals surface area (Å²) >= 11 is 1.24.